The molecule has 0 radical (unpaired) electrons. The number of aryl methyl sites for hydroxylation is 1. The Morgan fingerprint density at radius 2 is 2.05 bits per heavy atom. The Morgan fingerprint density at radius 1 is 1.25 bits per heavy atom. The molecule has 1 fully saturated rings. The van der Waals surface area contributed by atoms with E-state index < -0.39 is 0 Å². The van der Waals surface area contributed by atoms with Gasteiger partial charge in [0.1, 0.15) is 0 Å². The number of nitrogens with one attached hydrogen (secondary N) is 1. The molecule has 0 unspecified atom stereocenters. The van der Waals surface area contributed by atoms with E-state index in [0.717, 1.165) is 29.1 Å². The second-order valence-corrected chi connectivity index (χ2v) is 5.78. The van der Waals surface area contributed by atoms with Gasteiger partial charge in [-0.1, -0.05) is 15.9 Å². The zero-order valence-electron chi connectivity index (χ0n) is 11.3. The van der Waals surface area contributed by atoms with Crippen molar-refractivity contribution >= 4 is 33.4 Å². The molecule has 20 heavy (non-hydrogen) atoms. The first-order valence-corrected chi connectivity index (χ1v) is 7.49. The average Bonchev–Trinajstić information content (AvgIpc) is 2.97. The number of aromatic nitrogens is 3. The van der Waals surface area contributed by atoms with Gasteiger partial charge in [0.25, 0.3) is 0 Å². The number of hydrogen-bond donors (Lipinski definition) is 1. The molecule has 1 saturated heterocycles. The fourth-order valence-electron chi connectivity index (χ4n) is 2.30. The standard InChI is InChI=1S/C14H16BrN5/c1-10-8-11(4-5-12(10)15)17-14-18-13(9-16-19-14)20-6-2-3-7-20/h4-5,8-9H,2-3,6-7H2,1H3,(H,17,18,19). The molecule has 0 aliphatic carbocycles. The predicted molar refractivity (Wildman–Crippen MR) is 83.4 cm³/mol. The third kappa shape index (κ3) is 2.90. The van der Waals surface area contributed by atoms with Crippen LogP contribution in [0.4, 0.5) is 17.5 Å². The van der Waals surface area contributed by atoms with Crippen molar-refractivity contribution in [2.75, 3.05) is 23.3 Å². The van der Waals surface area contributed by atoms with Gasteiger partial charge in [0.2, 0.25) is 5.95 Å². The van der Waals surface area contributed by atoms with Gasteiger partial charge in [-0.2, -0.15) is 10.1 Å². The van der Waals surface area contributed by atoms with Crippen LogP contribution in [0.25, 0.3) is 0 Å². The van der Waals surface area contributed by atoms with E-state index in [-0.39, 0.29) is 0 Å². The molecule has 0 bridgehead atoms. The monoisotopic (exact) mass is 333 g/mol. The minimum absolute atomic E-state index is 0.538. The van der Waals surface area contributed by atoms with Gasteiger partial charge in [-0.3, -0.25) is 0 Å². The van der Waals surface area contributed by atoms with Crippen molar-refractivity contribution < 1.29 is 0 Å². The van der Waals surface area contributed by atoms with Crippen LogP contribution in [0.5, 0.6) is 0 Å². The molecule has 1 N–H and O–H groups in total. The Bertz CT molecular complexity index is 610. The summed E-state index contributed by atoms with van der Waals surface area (Å²) in [5.74, 6) is 1.44. The molecule has 1 aliphatic rings. The minimum atomic E-state index is 0.538. The Morgan fingerprint density at radius 3 is 2.80 bits per heavy atom. The van der Waals surface area contributed by atoms with E-state index in [1.165, 1.54) is 18.4 Å². The number of halogens is 1. The fraction of sp³-hybridized carbons (Fsp3) is 0.357. The van der Waals surface area contributed by atoms with Gasteiger partial charge in [0, 0.05) is 23.2 Å². The third-order valence-electron chi connectivity index (χ3n) is 3.39. The summed E-state index contributed by atoms with van der Waals surface area (Å²) in [6.45, 7) is 4.15. The smallest absolute Gasteiger partial charge is 0.249 e. The number of hydrogen-bond acceptors (Lipinski definition) is 5. The van der Waals surface area contributed by atoms with E-state index in [2.05, 4.69) is 54.3 Å². The third-order valence-corrected chi connectivity index (χ3v) is 4.28. The zero-order valence-corrected chi connectivity index (χ0v) is 12.9. The summed E-state index contributed by atoms with van der Waals surface area (Å²) in [6, 6.07) is 6.05. The molecule has 6 heteroatoms. The van der Waals surface area contributed by atoms with Gasteiger partial charge in [-0.25, -0.2) is 0 Å². The summed E-state index contributed by atoms with van der Waals surface area (Å²) < 4.78 is 1.09. The molecule has 0 saturated carbocycles. The van der Waals surface area contributed by atoms with Gasteiger partial charge in [-0.15, -0.1) is 5.10 Å². The van der Waals surface area contributed by atoms with Crippen LogP contribution in [0, 0.1) is 6.92 Å². The quantitative estimate of drug-likeness (QED) is 0.933. The zero-order chi connectivity index (χ0) is 13.9. The van der Waals surface area contributed by atoms with Crippen molar-refractivity contribution in [1.82, 2.24) is 15.2 Å². The lowest BCUT2D eigenvalue weighted by molar-refractivity contribution is 0.890. The van der Waals surface area contributed by atoms with Gasteiger partial charge in [0.15, 0.2) is 5.82 Å². The number of rotatable bonds is 3. The molecule has 5 nitrogen and oxygen atoms in total. The van der Waals surface area contributed by atoms with Crippen molar-refractivity contribution in [3.05, 3.63) is 34.4 Å². The summed E-state index contributed by atoms with van der Waals surface area (Å²) in [5.41, 5.74) is 2.13. The van der Waals surface area contributed by atoms with E-state index in [1.807, 2.05) is 12.1 Å². The molecule has 104 valence electrons. The van der Waals surface area contributed by atoms with Crippen LogP contribution in [0.3, 0.4) is 0 Å². The normalized spacial score (nSPS) is 14.6. The molecule has 1 aliphatic heterocycles. The molecule has 0 amide bonds. The molecule has 1 aromatic carbocycles. The van der Waals surface area contributed by atoms with Crippen LogP contribution in [0.1, 0.15) is 18.4 Å². The van der Waals surface area contributed by atoms with Crippen LogP contribution in [-0.2, 0) is 0 Å². The van der Waals surface area contributed by atoms with E-state index in [1.54, 1.807) is 6.20 Å². The number of anilines is 3. The molecular formula is C14H16BrN5. The Labute approximate surface area is 126 Å². The highest BCUT2D eigenvalue weighted by Crippen LogP contribution is 2.23. The lowest BCUT2D eigenvalue weighted by Gasteiger charge is -2.16. The summed E-state index contributed by atoms with van der Waals surface area (Å²) in [4.78, 5) is 6.77. The maximum absolute atomic E-state index is 4.53. The van der Waals surface area contributed by atoms with Crippen LogP contribution < -0.4 is 10.2 Å². The van der Waals surface area contributed by atoms with Crippen LogP contribution >= 0.6 is 15.9 Å². The topological polar surface area (TPSA) is 53.9 Å². The van der Waals surface area contributed by atoms with E-state index in [4.69, 9.17) is 0 Å². The summed E-state index contributed by atoms with van der Waals surface area (Å²) >= 11 is 3.49. The van der Waals surface area contributed by atoms with Crippen molar-refractivity contribution in [3.63, 3.8) is 0 Å². The highest BCUT2D eigenvalue weighted by atomic mass is 79.9. The summed E-state index contributed by atoms with van der Waals surface area (Å²) in [7, 11) is 0. The van der Waals surface area contributed by atoms with E-state index in [9.17, 15) is 0 Å². The number of benzene rings is 1. The van der Waals surface area contributed by atoms with E-state index >= 15 is 0 Å². The van der Waals surface area contributed by atoms with Crippen LogP contribution in [-0.4, -0.2) is 28.3 Å². The summed E-state index contributed by atoms with van der Waals surface area (Å²) in [6.07, 6.45) is 4.17. The van der Waals surface area contributed by atoms with Crippen molar-refractivity contribution in [2.45, 2.75) is 19.8 Å². The lowest BCUT2D eigenvalue weighted by Crippen LogP contribution is -2.19. The van der Waals surface area contributed by atoms with Gasteiger partial charge < -0.3 is 10.2 Å². The highest BCUT2D eigenvalue weighted by molar-refractivity contribution is 9.10. The van der Waals surface area contributed by atoms with E-state index in [0.29, 0.717) is 5.95 Å². The Balaban J connectivity index is 1.79. The fourth-order valence-corrected chi connectivity index (χ4v) is 2.54. The molecule has 2 heterocycles. The van der Waals surface area contributed by atoms with Gasteiger partial charge in [-0.05, 0) is 43.5 Å². The van der Waals surface area contributed by atoms with Crippen LogP contribution in [0.15, 0.2) is 28.9 Å². The second-order valence-electron chi connectivity index (χ2n) is 4.92. The molecule has 1 aromatic heterocycles. The minimum Gasteiger partial charge on any atom is -0.355 e. The Kier molecular flexibility index (Phi) is 3.82. The maximum Gasteiger partial charge on any atom is 0.249 e. The van der Waals surface area contributed by atoms with Gasteiger partial charge in [0.05, 0.1) is 6.20 Å². The largest absolute Gasteiger partial charge is 0.355 e. The first-order valence-electron chi connectivity index (χ1n) is 6.70. The predicted octanol–water partition coefficient (Wildman–Crippen LogP) is 3.29. The van der Waals surface area contributed by atoms with Crippen molar-refractivity contribution in [1.29, 1.82) is 0 Å². The first-order chi connectivity index (χ1) is 9.72. The maximum atomic E-state index is 4.53. The average molecular weight is 334 g/mol. The highest BCUT2D eigenvalue weighted by Gasteiger charge is 2.14. The van der Waals surface area contributed by atoms with Crippen LogP contribution in [0.2, 0.25) is 0 Å². The molecule has 2 aromatic rings. The first kappa shape index (κ1) is 13.3. The molecule has 0 spiro atoms. The summed E-state index contributed by atoms with van der Waals surface area (Å²) in [5, 5.41) is 11.3. The second kappa shape index (κ2) is 5.75. The number of nitrogens with zero attached hydrogens (tertiary/aromatic N) is 4. The molecule has 0 atom stereocenters. The van der Waals surface area contributed by atoms with Crippen molar-refractivity contribution in [3.8, 4) is 0 Å². The molecule has 3 rings (SSSR count). The lowest BCUT2D eigenvalue weighted by atomic mass is 10.2. The van der Waals surface area contributed by atoms with Gasteiger partial charge >= 0.3 is 0 Å². The SMILES string of the molecule is Cc1cc(Nc2nncc(N3CCCC3)n2)ccc1Br. The Hall–Kier alpha value is -1.69. The molecular weight excluding hydrogens is 318 g/mol. The van der Waals surface area contributed by atoms with Crippen molar-refractivity contribution in [2.24, 2.45) is 0 Å².